The van der Waals surface area contributed by atoms with E-state index in [0.717, 1.165) is 28.7 Å². The van der Waals surface area contributed by atoms with Gasteiger partial charge >= 0.3 is 5.69 Å². The molecule has 0 amide bonds. The van der Waals surface area contributed by atoms with Gasteiger partial charge in [-0.3, -0.25) is 4.57 Å². The molecule has 4 rings (SSSR count). The first-order valence-corrected chi connectivity index (χ1v) is 10.7. The Morgan fingerprint density at radius 2 is 1.78 bits per heavy atom. The van der Waals surface area contributed by atoms with Crippen LogP contribution in [0, 0.1) is 0 Å². The maximum Gasteiger partial charge on any atom is 0.347 e. The minimum absolute atomic E-state index is 0.106. The van der Waals surface area contributed by atoms with Crippen molar-refractivity contribution in [1.29, 1.82) is 0 Å². The van der Waals surface area contributed by atoms with Crippen molar-refractivity contribution in [3.8, 4) is 22.5 Å². The maximum absolute atomic E-state index is 13.1. The van der Waals surface area contributed by atoms with Crippen molar-refractivity contribution in [2.45, 2.75) is 46.2 Å². The number of rotatable bonds is 6. The molecule has 0 atom stereocenters. The number of nitrogens with one attached hydrogen (secondary N) is 1. The molecule has 0 aliphatic carbocycles. The van der Waals surface area contributed by atoms with Gasteiger partial charge in [-0.25, -0.2) is 14.6 Å². The largest absolute Gasteiger partial charge is 0.347 e. The SMILES string of the molecule is CC/C=C/c1nn(C(C)(C)C)c(=O)n1Cc1ccc(-c2cccc(-c3nnn[nH]3)c2)cc1. The highest BCUT2D eigenvalue weighted by Crippen LogP contribution is 2.24. The van der Waals surface area contributed by atoms with Gasteiger partial charge in [0.05, 0.1) is 12.1 Å². The molecule has 0 aliphatic heterocycles. The molecule has 0 spiro atoms. The average Bonchev–Trinajstić information content (AvgIpc) is 3.42. The third-order valence-corrected chi connectivity index (χ3v) is 5.14. The number of aromatic nitrogens is 7. The van der Waals surface area contributed by atoms with Gasteiger partial charge in [-0.15, -0.1) is 10.2 Å². The molecule has 2 heterocycles. The van der Waals surface area contributed by atoms with Gasteiger partial charge in [-0.1, -0.05) is 55.5 Å². The molecule has 0 saturated carbocycles. The van der Waals surface area contributed by atoms with Crippen LogP contribution in [0.15, 0.2) is 59.4 Å². The van der Waals surface area contributed by atoms with Gasteiger partial charge in [-0.2, -0.15) is 0 Å². The lowest BCUT2D eigenvalue weighted by atomic mass is 10.0. The van der Waals surface area contributed by atoms with Gasteiger partial charge in [0.25, 0.3) is 0 Å². The summed E-state index contributed by atoms with van der Waals surface area (Å²) in [6, 6.07) is 16.3. The number of H-pyrrole nitrogens is 1. The number of tetrazole rings is 1. The second-order valence-electron chi connectivity index (χ2n) is 8.65. The number of allylic oxidation sites excluding steroid dienone is 1. The van der Waals surface area contributed by atoms with Gasteiger partial charge in [0.2, 0.25) is 0 Å². The third kappa shape index (κ3) is 4.44. The molecule has 0 radical (unpaired) electrons. The highest BCUT2D eigenvalue weighted by atomic mass is 16.2. The normalized spacial score (nSPS) is 12.0. The van der Waals surface area contributed by atoms with E-state index in [1.807, 2.05) is 69.3 Å². The highest BCUT2D eigenvalue weighted by molar-refractivity contribution is 5.70. The van der Waals surface area contributed by atoms with E-state index >= 15 is 0 Å². The predicted molar refractivity (Wildman–Crippen MR) is 125 cm³/mol. The first kappa shape index (κ1) is 21.4. The number of nitrogens with zero attached hydrogens (tertiary/aromatic N) is 6. The summed E-state index contributed by atoms with van der Waals surface area (Å²) in [6.45, 7) is 8.47. The smallest absolute Gasteiger partial charge is 0.271 e. The molecule has 0 aliphatic rings. The Morgan fingerprint density at radius 1 is 1.03 bits per heavy atom. The Morgan fingerprint density at radius 3 is 2.44 bits per heavy atom. The summed E-state index contributed by atoms with van der Waals surface area (Å²) in [5.74, 6) is 1.30. The zero-order valence-corrected chi connectivity index (χ0v) is 18.8. The molecular weight excluding hydrogens is 402 g/mol. The van der Waals surface area contributed by atoms with Crippen LogP contribution in [0.2, 0.25) is 0 Å². The number of hydrogen-bond acceptors (Lipinski definition) is 5. The van der Waals surface area contributed by atoms with Crippen LogP contribution in [0.25, 0.3) is 28.6 Å². The van der Waals surface area contributed by atoms with Crippen molar-refractivity contribution in [2.24, 2.45) is 0 Å². The van der Waals surface area contributed by atoms with Crippen LogP contribution in [-0.4, -0.2) is 35.0 Å². The van der Waals surface area contributed by atoms with Gasteiger partial charge in [0.1, 0.15) is 0 Å². The monoisotopic (exact) mass is 429 g/mol. The minimum Gasteiger partial charge on any atom is -0.271 e. The summed E-state index contributed by atoms with van der Waals surface area (Å²) in [6.07, 6.45) is 4.82. The van der Waals surface area contributed by atoms with E-state index in [9.17, 15) is 4.79 Å². The molecule has 0 fully saturated rings. The predicted octanol–water partition coefficient (Wildman–Crippen LogP) is 4.12. The van der Waals surface area contributed by atoms with Crippen molar-refractivity contribution < 1.29 is 0 Å². The summed E-state index contributed by atoms with van der Waals surface area (Å²) >= 11 is 0. The van der Waals surface area contributed by atoms with Crippen LogP contribution in [0.5, 0.6) is 0 Å². The summed E-state index contributed by atoms with van der Waals surface area (Å²) in [5.41, 5.74) is 3.61. The van der Waals surface area contributed by atoms with Gasteiger partial charge < -0.3 is 0 Å². The molecule has 1 N–H and O–H groups in total. The van der Waals surface area contributed by atoms with Crippen LogP contribution in [0.1, 0.15) is 45.5 Å². The van der Waals surface area contributed by atoms with Crippen LogP contribution >= 0.6 is 0 Å². The molecule has 164 valence electrons. The van der Waals surface area contributed by atoms with E-state index in [-0.39, 0.29) is 11.2 Å². The topological polar surface area (TPSA) is 94.3 Å². The molecule has 8 heteroatoms. The molecule has 0 bridgehead atoms. The maximum atomic E-state index is 13.1. The molecule has 8 nitrogen and oxygen atoms in total. The second-order valence-corrected chi connectivity index (χ2v) is 8.65. The summed E-state index contributed by atoms with van der Waals surface area (Å²) in [7, 11) is 0. The van der Waals surface area contributed by atoms with Gasteiger partial charge in [0, 0.05) is 5.56 Å². The van der Waals surface area contributed by atoms with Gasteiger partial charge in [-0.05, 0) is 66.5 Å². The second kappa shape index (κ2) is 8.74. The van der Waals surface area contributed by atoms with E-state index in [2.05, 4.69) is 44.8 Å². The molecular formula is C24H27N7O. The average molecular weight is 430 g/mol. The summed E-state index contributed by atoms with van der Waals surface area (Å²) in [5, 5.41) is 18.6. The Bertz CT molecular complexity index is 1270. The third-order valence-electron chi connectivity index (χ3n) is 5.14. The Kier molecular flexibility index (Phi) is 5.85. The van der Waals surface area contributed by atoms with Crippen molar-refractivity contribution in [2.75, 3.05) is 0 Å². The van der Waals surface area contributed by atoms with E-state index in [1.165, 1.54) is 0 Å². The Hall–Kier alpha value is -3.81. The first-order valence-electron chi connectivity index (χ1n) is 10.7. The fourth-order valence-corrected chi connectivity index (χ4v) is 3.46. The number of aromatic amines is 1. The standard InChI is InChI=1S/C24H27N7O/c1-5-6-10-21-27-31(24(2,3)4)23(32)30(21)16-17-11-13-18(14-12-17)19-8-7-9-20(15-19)22-25-28-29-26-22/h6-15H,5,16H2,1-4H3,(H,25,26,28,29)/b10-6+. The lowest BCUT2D eigenvalue weighted by Crippen LogP contribution is -2.35. The molecule has 32 heavy (non-hydrogen) atoms. The van der Waals surface area contributed by atoms with Crippen LogP contribution < -0.4 is 5.69 Å². The van der Waals surface area contributed by atoms with E-state index in [1.54, 1.807) is 9.25 Å². The van der Waals surface area contributed by atoms with E-state index < -0.39 is 0 Å². The summed E-state index contributed by atoms with van der Waals surface area (Å²) in [4.78, 5) is 13.1. The first-order chi connectivity index (χ1) is 15.4. The van der Waals surface area contributed by atoms with E-state index in [4.69, 9.17) is 0 Å². The fraction of sp³-hybridized carbons (Fsp3) is 0.292. The minimum atomic E-state index is -0.384. The van der Waals surface area contributed by atoms with Crippen molar-refractivity contribution in [3.63, 3.8) is 0 Å². The molecule has 0 unspecified atom stereocenters. The van der Waals surface area contributed by atoms with Crippen molar-refractivity contribution in [1.82, 2.24) is 35.0 Å². The van der Waals surface area contributed by atoms with Crippen LogP contribution in [0.3, 0.4) is 0 Å². The van der Waals surface area contributed by atoms with Crippen molar-refractivity contribution >= 4 is 6.08 Å². The number of benzene rings is 2. The lowest BCUT2D eigenvalue weighted by Gasteiger charge is -2.16. The van der Waals surface area contributed by atoms with E-state index in [0.29, 0.717) is 18.2 Å². The molecule has 2 aromatic heterocycles. The number of hydrogen-bond donors (Lipinski definition) is 1. The van der Waals surface area contributed by atoms with Crippen molar-refractivity contribution in [3.05, 3.63) is 76.5 Å². The molecule has 4 aromatic rings. The Labute approximate surface area is 186 Å². The zero-order chi connectivity index (χ0) is 22.7. The highest BCUT2D eigenvalue weighted by Gasteiger charge is 2.21. The quantitative estimate of drug-likeness (QED) is 0.498. The lowest BCUT2D eigenvalue weighted by molar-refractivity contribution is 0.340. The fourth-order valence-electron chi connectivity index (χ4n) is 3.46. The zero-order valence-electron chi connectivity index (χ0n) is 18.8. The van der Waals surface area contributed by atoms with Gasteiger partial charge in [0.15, 0.2) is 11.6 Å². The molecule has 0 saturated heterocycles. The van der Waals surface area contributed by atoms with Crippen LogP contribution in [0.4, 0.5) is 0 Å². The Balaban J connectivity index is 1.62. The van der Waals surface area contributed by atoms with Crippen LogP contribution in [-0.2, 0) is 12.1 Å². The summed E-state index contributed by atoms with van der Waals surface area (Å²) < 4.78 is 3.28. The molecule has 2 aromatic carbocycles.